The zero-order valence-electron chi connectivity index (χ0n) is 36.6. The maximum atomic E-state index is 5.69. The highest BCUT2D eigenvalue weighted by molar-refractivity contribution is 7.22. The van der Waals surface area contributed by atoms with Gasteiger partial charge in [-0.25, -0.2) is 9.97 Å². The number of thiophene rings is 1. The van der Waals surface area contributed by atoms with Crippen LogP contribution in [0.1, 0.15) is 42.5 Å². The molecular weight excluding hydrogens is 821 g/mol. The summed E-state index contributed by atoms with van der Waals surface area (Å²) in [4.78, 5) is 12.4. The number of benzene rings is 8. The highest BCUT2D eigenvalue weighted by atomic mass is 32.1. The maximum absolute atomic E-state index is 5.69. The van der Waals surface area contributed by atoms with E-state index in [9.17, 15) is 0 Å². The molecule has 0 aliphatic heterocycles. The van der Waals surface area contributed by atoms with Crippen molar-refractivity contribution in [1.82, 2.24) is 19.1 Å². The molecule has 0 atom stereocenters. The Bertz CT molecular complexity index is 4010. The molecule has 14 rings (SSSR count). The molecule has 312 valence electrons. The van der Waals surface area contributed by atoms with Crippen molar-refractivity contribution in [3.8, 4) is 55.6 Å². The number of aromatic nitrogens is 4. The summed E-state index contributed by atoms with van der Waals surface area (Å²) in [5, 5.41) is 4.93. The summed E-state index contributed by atoms with van der Waals surface area (Å²) in [6.07, 6.45) is 6.74. The molecule has 0 radical (unpaired) electrons. The molecule has 0 bridgehead atoms. The van der Waals surface area contributed by atoms with Crippen LogP contribution < -0.4 is 0 Å². The Morgan fingerprint density at radius 3 is 2.15 bits per heavy atom. The van der Waals surface area contributed by atoms with Crippen LogP contribution in [0, 0.1) is 0 Å². The predicted molar refractivity (Wildman–Crippen MR) is 277 cm³/mol. The van der Waals surface area contributed by atoms with Crippen LogP contribution in [0.5, 0.6) is 0 Å². The summed E-state index contributed by atoms with van der Waals surface area (Å²) < 4.78 is 5.86. The first-order valence-corrected chi connectivity index (χ1v) is 23.8. The Morgan fingerprint density at radius 2 is 1.26 bits per heavy atom. The van der Waals surface area contributed by atoms with Crippen LogP contribution in [0.15, 0.2) is 188 Å². The van der Waals surface area contributed by atoms with E-state index in [1.165, 1.54) is 87.5 Å². The van der Waals surface area contributed by atoms with E-state index in [0.717, 1.165) is 51.0 Å². The molecule has 12 aromatic rings. The number of allylic oxidation sites excluding steroid dienone is 1. The van der Waals surface area contributed by atoms with Crippen molar-refractivity contribution < 1.29 is 0 Å². The van der Waals surface area contributed by atoms with E-state index in [4.69, 9.17) is 9.97 Å². The van der Waals surface area contributed by atoms with Gasteiger partial charge in [-0.1, -0.05) is 159 Å². The van der Waals surface area contributed by atoms with E-state index in [-0.39, 0.29) is 5.41 Å². The fraction of sp³-hybridized carbons (Fsp3) is 0.0820. The highest BCUT2D eigenvalue weighted by Gasteiger charge is 2.35. The summed E-state index contributed by atoms with van der Waals surface area (Å²) in [6.45, 7) is 4.70. The minimum atomic E-state index is -0.140. The molecule has 0 amide bonds. The number of para-hydroxylation sites is 3. The van der Waals surface area contributed by atoms with E-state index in [1.807, 2.05) is 0 Å². The van der Waals surface area contributed by atoms with Crippen LogP contribution in [0.4, 0.5) is 0 Å². The van der Waals surface area contributed by atoms with E-state index in [2.05, 4.69) is 217 Å². The van der Waals surface area contributed by atoms with Crippen LogP contribution in [0.2, 0.25) is 0 Å². The standard InChI is InChI=1S/C61H42N4S/c1-61(2)49-26-13-11-22-44(49)45-31-28-40(35-50(45)61)57-59-51(36-55(66-59)38-17-5-3-6-18-38)62-60(63-57)65-53-32-30-39(34-48(53)56-42-21-10-9-16-37(42)29-33-54(56)65)43-24-15-25-47-46-23-12-14-27-52(46)64(58(43)47)41-19-7-4-8-20-41/h3-8,10-15,17-36H,9,16H2,1-2H3. The number of rotatable bonds is 5. The first-order chi connectivity index (χ1) is 32.5. The molecule has 4 nitrogen and oxygen atoms in total. The third-order valence-electron chi connectivity index (χ3n) is 14.4. The summed E-state index contributed by atoms with van der Waals surface area (Å²) in [5.41, 5.74) is 20.2. The second kappa shape index (κ2) is 14.1. The largest absolute Gasteiger partial charge is 0.309 e. The van der Waals surface area contributed by atoms with Gasteiger partial charge in [-0.3, -0.25) is 4.57 Å². The number of fused-ring (bicyclic) bond motifs is 12. The smallest absolute Gasteiger partial charge is 0.235 e. The normalized spacial score (nSPS) is 13.8. The first-order valence-electron chi connectivity index (χ1n) is 23.0. The van der Waals surface area contributed by atoms with Crippen LogP contribution in [0.25, 0.3) is 115 Å². The van der Waals surface area contributed by atoms with Crippen molar-refractivity contribution in [3.05, 3.63) is 210 Å². The molecule has 2 aliphatic rings. The molecule has 0 fully saturated rings. The first kappa shape index (κ1) is 37.5. The van der Waals surface area contributed by atoms with E-state index in [1.54, 1.807) is 11.3 Å². The third kappa shape index (κ3) is 5.38. The van der Waals surface area contributed by atoms with Gasteiger partial charge >= 0.3 is 0 Å². The SMILES string of the molecule is CC1(C)c2ccccc2-c2ccc(-c3nc(-n4c5ccc(-c6cccc7c8ccccc8n(-c8ccccc8)c67)cc5c5c6c(ccc54)CCC=C6)nc4cc(-c5ccccc5)sc34)cc21. The highest BCUT2D eigenvalue weighted by Crippen LogP contribution is 2.51. The van der Waals surface area contributed by atoms with E-state index >= 15 is 0 Å². The molecule has 8 aromatic carbocycles. The molecule has 0 N–H and O–H groups in total. The van der Waals surface area contributed by atoms with Crippen molar-refractivity contribution in [3.63, 3.8) is 0 Å². The van der Waals surface area contributed by atoms with Crippen molar-refractivity contribution >= 4 is 71.2 Å². The molecule has 0 saturated heterocycles. The Hall–Kier alpha value is -7.86. The van der Waals surface area contributed by atoms with Crippen molar-refractivity contribution in [2.24, 2.45) is 0 Å². The zero-order chi connectivity index (χ0) is 43.7. The van der Waals surface area contributed by atoms with Crippen LogP contribution in [-0.4, -0.2) is 19.1 Å². The molecule has 66 heavy (non-hydrogen) atoms. The van der Waals surface area contributed by atoms with Gasteiger partial charge in [-0.2, -0.15) is 0 Å². The average Bonchev–Trinajstić information content (AvgIpc) is 4.11. The summed E-state index contributed by atoms with van der Waals surface area (Å²) in [6, 6.07) is 66.8. The molecule has 2 aliphatic carbocycles. The molecule has 4 heterocycles. The van der Waals surface area contributed by atoms with Gasteiger partial charge in [0, 0.05) is 48.7 Å². The molecule has 0 saturated carbocycles. The quantitative estimate of drug-likeness (QED) is 0.173. The Morgan fingerprint density at radius 1 is 0.530 bits per heavy atom. The van der Waals surface area contributed by atoms with Crippen LogP contribution in [0.3, 0.4) is 0 Å². The minimum Gasteiger partial charge on any atom is -0.309 e. The molecular formula is C61H42N4S. The van der Waals surface area contributed by atoms with Gasteiger partial charge < -0.3 is 4.57 Å². The topological polar surface area (TPSA) is 35.6 Å². The number of aryl methyl sites for hydroxylation is 1. The molecule has 4 aromatic heterocycles. The lowest BCUT2D eigenvalue weighted by atomic mass is 9.82. The van der Waals surface area contributed by atoms with Gasteiger partial charge in [0.2, 0.25) is 5.95 Å². The lowest BCUT2D eigenvalue weighted by molar-refractivity contribution is 0.660. The number of nitrogens with zero attached hydrogens (tertiary/aromatic N) is 4. The second-order valence-corrected chi connectivity index (χ2v) is 19.5. The number of hydrogen-bond acceptors (Lipinski definition) is 3. The van der Waals surface area contributed by atoms with Crippen LogP contribution >= 0.6 is 11.3 Å². The lowest BCUT2D eigenvalue weighted by Crippen LogP contribution is -2.15. The average molecular weight is 863 g/mol. The monoisotopic (exact) mass is 862 g/mol. The van der Waals surface area contributed by atoms with Crippen molar-refractivity contribution in [2.75, 3.05) is 0 Å². The third-order valence-corrected chi connectivity index (χ3v) is 15.6. The van der Waals surface area contributed by atoms with E-state index < -0.39 is 0 Å². The predicted octanol–water partition coefficient (Wildman–Crippen LogP) is 16.2. The Balaban J connectivity index is 1.03. The van der Waals surface area contributed by atoms with Gasteiger partial charge in [0.15, 0.2) is 0 Å². The van der Waals surface area contributed by atoms with Gasteiger partial charge in [0.1, 0.15) is 0 Å². The minimum absolute atomic E-state index is 0.140. The van der Waals surface area contributed by atoms with Gasteiger partial charge in [0.25, 0.3) is 0 Å². The fourth-order valence-corrected chi connectivity index (χ4v) is 12.4. The summed E-state index contributed by atoms with van der Waals surface area (Å²) in [7, 11) is 0. The molecule has 0 unspecified atom stereocenters. The Kier molecular flexibility index (Phi) is 8.00. The summed E-state index contributed by atoms with van der Waals surface area (Å²) in [5.74, 6) is 0.678. The fourth-order valence-electron chi connectivity index (χ4n) is 11.3. The van der Waals surface area contributed by atoms with Gasteiger partial charge in [-0.05, 0) is 106 Å². The molecule has 5 heteroatoms. The van der Waals surface area contributed by atoms with Crippen molar-refractivity contribution in [2.45, 2.75) is 32.1 Å². The summed E-state index contributed by atoms with van der Waals surface area (Å²) >= 11 is 1.78. The van der Waals surface area contributed by atoms with Crippen molar-refractivity contribution in [1.29, 1.82) is 0 Å². The van der Waals surface area contributed by atoms with Crippen LogP contribution in [-0.2, 0) is 11.8 Å². The maximum Gasteiger partial charge on any atom is 0.235 e. The van der Waals surface area contributed by atoms with Gasteiger partial charge in [0.05, 0.1) is 38.0 Å². The van der Waals surface area contributed by atoms with E-state index in [0.29, 0.717) is 5.95 Å². The second-order valence-electron chi connectivity index (χ2n) is 18.4. The number of hydrogen-bond donors (Lipinski definition) is 0. The van der Waals surface area contributed by atoms with Gasteiger partial charge in [-0.15, -0.1) is 11.3 Å². The Labute approximate surface area is 386 Å². The molecule has 0 spiro atoms. The zero-order valence-corrected chi connectivity index (χ0v) is 37.4. The lowest BCUT2D eigenvalue weighted by Gasteiger charge is -2.22.